The number of fused-ring (bicyclic) bond motifs is 1. The number of ether oxygens (including phenoxy) is 2. The normalized spacial score (nSPS) is 18.7. The van der Waals surface area contributed by atoms with Gasteiger partial charge in [0.05, 0.1) is 17.8 Å². The minimum Gasteiger partial charge on any atom is -0.462 e. The van der Waals surface area contributed by atoms with Gasteiger partial charge in [0.25, 0.3) is 5.56 Å². The summed E-state index contributed by atoms with van der Waals surface area (Å²) in [5, 5.41) is 3.45. The Morgan fingerprint density at radius 2 is 1.89 bits per heavy atom. The molecule has 2 fully saturated rings. The van der Waals surface area contributed by atoms with Crippen molar-refractivity contribution in [1.82, 2.24) is 9.88 Å². The van der Waals surface area contributed by atoms with Crippen LogP contribution in [0, 0.1) is 11.7 Å². The van der Waals surface area contributed by atoms with E-state index in [0.717, 1.165) is 24.8 Å². The van der Waals surface area contributed by atoms with Crippen molar-refractivity contribution >= 4 is 28.7 Å². The van der Waals surface area contributed by atoms with Crippen molar-refractivity contribution in [3.05, 3.63) is 39.4 Å². The SMILES string of the molecule is CCOC(=O)c1cc2cc(F)c(N3CCC([C@H](C)NC(=O)OC(C)(C)C)C3)c(CC)c2n(C2CC2)c1=O. The summed E-state index contributed by atoms with van der Waals surface area (Å²) >= 11 is 0. The van der Waals surface area contributed by atoms with E-state index in [1.54, 1.807) is 11.5 Å². The van der Waals surface area contributed by atoms with Crippen molar-refractivity contribution in [3.63, 3.8) is 0 Å². The van der Waals surface area contributed by atoms with Gasteiger partial charge in [0.1, 0.15) is 17.0 Å². The molecule has 0 spiro atoms. The van der Waals surface area contributed by atoms with Gasteiger partial charge in [0, 0.05) is 36.1 Å². The fourth-order valence-corrected chi connectivity index (χ4v) is 5.27. The fraction of sp³-hybridized carbons (Fsp3) is 0.607. The van der Waals surface area contributed by atoms with Crippen molar-refractivity contribution in [2.75, 3.05) is 24.6 Å². The number of nitrogens with zero attached hydrogens (tertiary/aromatic N) is 2. The van der Waals surface area contributed by atoms with Crippen LogP contribution in [0.5, 0.6) is 0 Å². The summed E-state index contributed by atoms with van der Waals surface area (Å²) in [4.78, 5) is 40.2. The van der Waals surface area contributed by atoms with E-state index in [0.29, 0.717) is 36.1 Å². The lowest BCUT2D eigenvalue weighted by Gasteiger charge is -2.27. The fourth-order valence-electron chi connectivity index (χ4n) is 5.27. The minimum absolute atomic E-state index is 0.00244. The predicted octanol–water partition coefficient (Wildman–Crippen LogP) is 4.95. The first-order valence-electron chi connectivity index (χ1n) is 13.3. The van der Waals surface area contributed by atoms with Gasteiger partial charge in [-0.05, 0) is 78.4 Å². The number of nitrogens with one attached hydrogen (secondary N) is 1. The lowest BCUT2D eigenvalue weighted by Crippen LogP contribution is -2.42. The van der Waals surface area contributed by atoms with Crippen molar-refractivity contribution in [1.29, 1.82) is 0 Å². The number of halogens is 1. The quantitative estimate of drug-likeness (QED) is 0.525. The van der Waals surface area contributed by atoms with Crippen molar-refractivity contribution in [2.45, 2.75) is 84.9 Å². The summed E-state index contributed by atoms with van der Waals surface area (Å²) in [5.41, 5.74) is 0.944. The maximum atomic E-state index is 15.7. The third kappa shape index (κ3) is 5.60. The van der Waals surface area contributed by atoms with Crippen LogP contribution in [0.2, 0.25) is 0 Å². The first kappa shape index (κ1) is 26.9. The molecule has 0 bridgehead atoms. The summed E-state index contributed by atoms with van der Waals surface area (Å²) < 4.78 is 27.9. The van der Waals surface area contributed by atoms with Crippen molar-refractivity contribution < 1.29 is 23.5 Å². The van der Waals surface area contributed by atoms with Crippen LogP contribution in [-0.4, -0.2) is 48.0 Å². The molecule has 2 heterocycles. The number of pyridine rings is 1. The number of carbonyl (C=O) groups excluding carboxylic acids is 2. The smallest absolute Gasteiger partial charge is 0.407 e. The molecule has 9 heteroatoms. The van der Waals surface area contributed by atoms with Crippen molar-refractivity contribution in [3.8, 4) is 0 Å². The zero-order valence-corrected chi connectivity index (χ0v) is 22.7. The molecular weight excluding hydrogens is 477 g/mol. The number of amides is 1. The van der Waals surface area contributed by atoms with E-state index in [1.165, 1.54) is 12.1 Å². The first-order chi connectivity index (χ1) is 17.4. The molecule has 1 N–H and O–H groups in total. The van der Waals surface area contributed by atoms with E-state index in [9.17, 15) is 14.4 Å². The maximum absolute atomic E-state index is 15.7. The molecule has 1 aliphatic carbocycles. The predicted molar refractivity (Wildman–Crippen MR) is 141 cm³/mol. The third-order valence-electron chi connectivity index (χ3n) is 7.10. The summed E-state index contributed by atoms with van der Waals surface area (Å²) in [6, 6.07) is 2.75. The number of hydrogen-bond acceptors (Lipinski definition) is 6. The number of aryl methyl sites for hydroxylation is 1. The van der Waals surface area contributed by atoms with Crippen molar-refractivity contribution in [2.24, 2.45) is 5.92 Å². The lowest BCUT2D eigenvalue weighted by atomic mass is 10.00. The number of hydrogen-bond donors (Lipinski definition) is 1. The second-order valence-corrected chi connectivity index (χ2v) is 11.1. The second-order valence-electron chi connectivity index (χ2n) is 11.1. The summed E-state index contributed by atoms with van der Waals surface area (Å²) in [5.74, 6) is -0.946. The van der Waals surface area contributed by atoms with Crippen LogP contribution in [0.1, 0.15) is 82.8 Å². The van der Waals surface area contributed by atoms with Crippen LogP contribution < -0.4 is 15.8 Å². The summed E-state index contributed by atoms with van der Waals surface area (Å²) in [6.07, 6.45) is 2.54. The molecular formula is C28H38FN3O5. The summed E-state index contributed by atoms with van der Waals surface area (Å²) in [6.45, 7) is 12.4. The van der Waals surface area contributed by atoms with Crippen LogP contribution in [-0.2, 0) is 15.9 Å². The number of alkyl carbamates (subject to hydrolysis) is 1. The Balaban J connectivity index is 1.69. The molecule has 2 aliphatic rings. The van der Waals surface area contributed by atoms with Gasteiger partial charge >= 0.3 is 12.1 Å². The van der Waals surface area contributed by atoms with Crippen LogP contribution in [0.4, 0.5) is 14.9 Å². The molecule has 1 aromatic heterocycles. The average molecular weight is 516 g/mol. The number of esters is 1. The molecule has 1 saturated heterocycles. The zero-order valence-electron chi connectivity index (χ0n) is 22.7. The molecule has 1 aromatic carbocycles. The Morgan fingerprint density at radius 3 is 2.49 bits per heavy atom. The highest BCUT2D eigenvalue weighted by Gasteiger charge is 2.34. The number of aromatic nitrogens is 1. The highest BCUT2D eigenvalue weighted by Crippen LogP contribution is 2.41. The third-order valence-corrected chi connectivity index (χ3v) is 7.10. The lowest BCUT2D eigenvalue weighted by molar-refractivity contribution is 0.0491. The number of benzene rings is 1. The summed E-state index contributed by atoms with van der Waals surface area (Å²) in [7, 11) is 0. The number of carbonyl (C=O) groups is 2. The molecule has 1 aliphatic heterocycles. The Labute approximate surface area is 217 Å². The zero-order chi connectivity index (χ0) is 27.1. The van der Waals surface area contributed by atoms with Gasteiger partial charge in [-0.3, -0.25) is 4.79 Å². The van der Waals surface area contributed by atoms with Crippen LogP contribution in [0.15, 0.2) is 16.9 Å². The highest BCUT2D eigenvalue weighted by atomic mass is 19.1. The Hall–Kier alpha value is -3.10. The molecule has 202 valence electrons. The maximum Gasteiger partial charge on any atom is 0.407 e. The van der Waals surface area contributed by atoms with Gasteiger partial charge in [0.2, 0.25) is 0 Å². The first-order valence-corrected chi connectivity index (χ1v) is 13.3. The highest BCUT2D eigenvalue weighted by molar-refractivity contribution is 5.96. The monoisotopic (exact) mass is 515 g/mol. The molecule has 1 amide bonds. The Morgan fingerprint density at radius 1 is 1.19 bits per heavy atom. The Bertz CT molecular complexity index is 1260. The van der Waals surface area contributed by atoms with E-state index in [-0.39, 0.29) is 41.5 Å². The van der Waals surface area contributed by atoms with Gasteiger partial charge in [-0.25, -0.2) is 14.0 Å². The molecule has 2 atom stereocenters. The van der Waals surface area contributed by atoms with E-state index in [1.807, 2.05) is 39.5 Å². The van der Waals surface area contributed by atoms with E-state index < -0.39 is 17.7 Å². The van der Waals surface area contributed by atoms with E-state index in [4.69, 9.17) is 9.47 Å². The standard InChI is InChI=1S/C28H38FN3O5/c1-7-20-23-18(13-21(26(34)36-8-2)25(33)32(23)19-9-10-19)14-22(29)24(20)31-12-11-17(15-31)16(3)30-27(35)37-28(4,5)6/h13-14,16-17,19H,7-12,15H2,1-6H3,(H,30,35)/t16-,17?/m0/s1. The average Bonchev–Trinajstić information content (AvgIpc) is 3.52. The van der Waals surface area contributed by atoms with Gasteiger partial charge in [0.15, 0.2) is 0 Å². The Kier molecular flexibility index (Phi) is 7.53. The topological polar surface area (TPSA) is 89.9 Å². The largest absolute Gasteiger partial charge is 0.462 e. The molecule has 1 unspecified atom stereocenters. The van der Waals surface area contributed by atoms with Gasteiger partial charge < -0.3 is 24.3 Å². The molecule has 1 saturated carbocycles. The van der Waals surface area contributed by atoms with Gasteiger partial charge in [-0.1, -0.05) is 6.92 Å². The number of anilines is 1. The molecule has 0 radical (unpaired) electrons. The van der Waals surface area contributed by atoms with Gasteiger partial charge in [-0.15, -0.1) is 0 Å². The molecule has 8 nitrogen and oxygen atoms in total. The number of rotatable bonds is 7. The minimum atomic E-state index is -0.680. The van der Waals surface area contributed by atoms with E-state index in [2.05, 4.69) is 5.32 Å². The molecule has 37 heavy (non-hydrogen) atoms. The van der Waals surface area contributed by atoms with Crippen LogP contribution >= 0.6 is 0 Å². The van der Waals surface area contributed by atoms with Crippen LogP contribution in [0.3, 0.4) is 0 Å². The molecule has 4 rings (SSSR count). The van der Waals surface area contributed by atoms with E-state index >= 15 is 4.39 Å². The second kappa shape index (κ2) is 10.3. The molecule has 2 aromatic rings. The van der Waals surface area contributed by atoms with Crippen LogP contribution in [0.25, 0.3) is 10.9 Å². The van der Waals surface area contributed by atoms with Gasteiger partial charge in [-0.2, -0.15) is 0 Å².